The van der Waals surface area contributed by atoms with Crippen molar-refractivity contribution in [2.75, 3.05) is 6.54 Å². The Balaban J connectivity index is 2.61. The molecule has 0 heterocycles. The highest BCUT2D eigenvalue weighted by atomic mass is 35.5. The second kappa shape index (κ2) is 8.08. The molecule has 0 fully saturated rings. The summed E-state index contributed by atoms with van der Waals surface area (Å²) in [6.45, 7) is 8.50. The number of benzene rings is 1. The molecule has 0 aliphatic heterocycles. The van der Waals surface area contributed by atoms with E-state index < -0.39 is 0 Å². The Hall–Kier alpha value is -1.19. The molecule has 0 aromatic heterocycles. The minimum Gasteiger partial charge on any atom is -0.354 e. The summed E-state index contributed by atoms with van der Waals surface area (Å²) in [5.74, 6) is 0. The molecule has 1 N–H and O–H groups in total. The molecule has 102 valence electrons. The van der Waals surface area contributed by atoms with Crippen molar-refractivity contribution in [1.82, 2.24) is 5.32 Å². The van der Waals surface area contributed by atoms with E-state index in [1.807, 2.05) is 12.1 Å². The average molecular weight is 296 g/mol. The Morgan fingerprint density at radius 2 is 2.26 bits per heavy atom. The highest BCUT2D eigenvalue weighted by molar-refractivity contribution is 8.05. The van der Waals surface area contributed by atoms with E-state index in [9.17, 15) is 4.79 Å². The predicted octanol–water partition coefficient (Wildman–Crippen LogP) is 4.09. The van der Waals surface area contributed by atoms with Gasteiger partial charge in [-0.1, -0.05) is 35.9 Å². The second-order valence-electron chi connectivity index (χ2n) is 4.33. The van der Waals surface area contributed by atoms with Crippen LogP contribution in [0.1, 0.15) is 18.1 Å². The van der Waals surface area contributed by atoms with Crippen LogP contribution in [0.5, 0.6) is 0 Å². The number of thioether (sulfide) groups is 1. The van der Waals surface area contributed by atoms with Crippen molar-refractivity contribution in [2.24, 2.45) is 0 Å². The van der Waals surface area contributed by atoms with Crippen LogP contribution in [0.25, 0.3) is 0 Å². The summed E-state index contributed by atoms with van der Waals surface area (Å²) < 4.78 is 0. The van der Waals surface area contributed by atoms with Crippen LogP contribution in [0, 0.1) is 6.92 Å². The van der Waals surface area contributed by atoms with Gasteiger partial charge in [-0.05, 0) is 42.9 Å². The molecule has 4 heteroatoms. The van der Waals surface area contributed by atoms with Crippen molar-refractivity contribution in [3.05, 3.63) is 56.8 Å². The Bertz CT molecular complexity index is 477. The smallest absolute Gasteiger partial charge is 0.207 e. The zero-order valence-electron chi connectivity index (χ0n) is 11.2. The van der Waals surface area contributed by atoms with Gasteiger partial charge in [0.15, 0.2) is 0 Å². The first kappa shape index (κ1) is 15.9. The van der Waals surface area contributed by atoms with E-state index in [1.165, 1.54) is 22.9 Å². The lowest BCUT2D eigenvalue weighted by Gasteiger charge is -2.09. The van der Waals surface area contributed by atoms with Gasteiger partial charge in [-0.3, -0.25) is 4.79 Å². The predicted molar refractivity (Wildman–Crippen MR) is 84.4 cm³/mol. The molecular formula is C15H18ClNOS. The fourth-order valence-electron chi connectivity index (χ4n) is 1.59. The van der Waals surface area contributed by atoms with Crippen molar-refractivity contribution in [2.45, 2.75) is 20.3 Å². The fourth-order valence-corrected chi connectivity index (χ4v) is 2.50. The number of nitrogens with one attached hydrogen (secondary N) is 1. The molecule has 19 heavy (non-hydrogen) atoms. The highest BCUT2D eigenvalue weighted by Crippen LogP contribution is 2.24. The zero-order chi connectivity index (χ0) is 14.3. The monoisotopic (exact) mass is 295 g/mol. The number of carbonyl (C=O) groups is 1. The minimum atomic E-state index is 0.489. The average Bonchev–Trinajstić information content (AvgIpc) is 2.38. The molecule has 0 saturated carbocycles. The van der Waals surface area contributed by atoms with Gasteiger partial charge in [0.1, 0.15) is 0 Å². The quantitative estimate of drug-likeness (QED) is 0.768. The lowest BCUT2D eigenvalue weighted by Crippen LogP contribution is -2.12. The summed E-state index contributed by atoms with van der Waals surface area (Å²) >= 11 is 7.74. The van der Waals surface area contributed by atoms with Crippen LogP contribution < -0.4 is 5.32 Å². The molecule has 0 bridgehead atoms. The number of halogens is 1. The minimum absolute atomic E-state index is 0.489. The van der Waals surface area contributed by atoms with E-state index in [-0.39, 0.29) is 0 Å². The number of hydrogen-bond acceptors (Lipinski definition) is 2. The fraction of sp³-hybridized carbons (Fsp3) is 0.267. The first-order valence-electron chi connectivity index (χ1n) is 5.95. The number of hydrogen-bond donors (Lipinski definition) is 1. The third-order valence-corrected chi connectivity index (χ3v) is 3.97. The molecule has 0 aliphatic rings. The van der Waals surface area contributed by atoms with Gasteiger partial charge < -0.3 is 5.32 Å². The van der Waals surface area contributed by atoms with Crippen molar-refractivity contribution < 1.29 is 4.79 Å². The van der Waals surface area contributed by atoms with Crippen LogP contribution in [-0.2, 0) is 11.2 Å². The van der Waals surface area contributed by atoms with E-state index in [4.69, 9.17) is 11.6 Å². The van der Waals surface area contributed by atoms with Crippen LogP contribution in [0.3, 0.4) is 0 Å². The van der Waals surface area contributed by atoms with E-state index >= 15 is 0 Å². The van der Waals surface area contributed by atoms with Crippen LogP contribution in [0.4, 0.5) is 0 Å². The van der Waals surface area contributed by atoms with Crippen molar-refractivity contribution >= 4 is 29.8 Å². The molecule has 0 atom stereocenters. The summed E-state index contributed by atoms with van der Waals surface area (Å²) in [5, 5.41) is 5.45. The first-order chi connectivity index (χ1) is 9.04. The molecular weight excluding hydrogens is 278 g/mol. The van der Waals surface area contributed by atoms with Gasteiger partial charge in [-0.15, -0.1) is 11.8 Å². The standard InChI is InChI=1S/C15H18ClNOS/c1-11(9-19-13(3)8-17-10-18)7-14-12(2)5-4-6-15(14)16/h4-6,9-10H,3,7-8H2,1-2H3,(H,17,18)/b11-9+. The van der Waals surface area contributed by atoms with Crippen molar-refractivity contribution in [3.8, 4) is 0 Å². The third-order valence-electron chi connectivity index (χ3n) is 2.62. The summed E-state index contributed by atoms with van der Waals surface area (Å²) in [4.78, 5) is 11.1. The van der Waals surface area contributed by atoms with Crippen LogP contribution in [-0.4, -0.2) is 13.0 Å². The summed E-state index contributed by atoms with van der Waals surface area (Å²) in [6, 6.07) is 5.94. The maximum absolute atomic E-state index is 10.2. The van der Waals surface area contributed by atoms with E-state index in [0.29, 0.717) is 13.0 Å². The van der Waals surface area contributed by atoms with Gasteiger partial charge in [0, 0.05) is 16.5 Å². The number of carbonyl (C=O) groups excluding carboxylic acids is 1. The number of rotatable bonds is 7. The molecule has 0 spiro atoms. The Kier molecular flexibility index (Phi) is 6.74. The summed E-state index contributed by atoms with van der Waals surface area (Å²) in [7, 11) is 0. The van der Waals surface area contributed by atoms with E-state index in [1.54, 1.807) is 0 Å². The number of amides is 1. The SMILES string of the molecule is C=C(CNC=O)S/C=C(\C)Cc1c(C)cccc1Cl. The van der Waals surface area contributed by atoms with Gasteiger partial charge in [0.25, 0.3) is 0 Å². The maximum Gasteiger partial charge on any atom is 0.207 e. The molecule has 0 aliphatic carbocycles. The first-order valence-corrected chi connectivity index (χ1v) is 7.21. The summed E-state index contributed by atoms with van der Waals surface area (Å²) in [5.41, 5.74) is 3.58. The molecule has 1 aromatic rings. The largest absolute Gasteiger partial charge is 0.354 e. The lowest BCUT2D eigenvalue weighted by atomic mass is 10.0. The Labute approximate surface area is 123 Å². The van der Waals surface area contributed by atoms with E-state index in [2.05, 4.69) is 37.2 Å². The molecule has 1 amide bonds. The van der Waals surface area contributed by atoms with Gasteiger partial charge in [0.2, 0.25) is 6.41 Å². The highest BCUT2D eigenvalue weighted by Gasteiger charge is 2.04. The van der Waals surface area contributed by atoms with Gasteiger partial charge in [-0.25, -0.2) is 0 Å². The molecule has 1 rings (SSSR count). The third kappa shape index (κ3) is 5.53. The van der Waals surface area contributed by atoms with Crippen molar-refractivity contribution in [1.29, 1.82) is 0 Å². The topological polar surface area (TPSA) is 29.1 Å². The van der Waals surface area contributed by atoms with Gasteiger partial charge >= 0.3 is 0 Å². The molecule has 0 radical (unpaired) electrons. The lowest BCUT2D eigenvalue weighted by molar-refractivity contribution is -0.109. The van der Waals surface area contributed by atoms with Crippen LogP contribution in [0.15, 0.2) is 40.7 Å². The van der Waals surface area contributed by atoms with Crippen LogP contribution >= 0.6 is 23.4 Å². The second-order valence-corrected chi connectivity index (χ2v) is 5.79. The van der Waals surface area contributed by atoms with Crippen molar-refractivity contribution in [3.63, 3.8) is 0 Å². The van der Waals surface area contributed by atoms with E-state index in [0.717, 1.165) is 21.9 Å². The van der Waals surface area contributed by atoms with Gasteiger partial charge in [-0.2, -0.15) is 0 Å². The molecule has 0 unspecified atom stereocenters. The molecule has 0 saturated heterocycles. The maximum atomic E-state index is 10.2. The Morgan fingerprint density at radius 1 is 1.53 bits per heavy atom. The zero-order valence-corrected chi connectivity index (χ0v) is 12.8. The van der Waals surface area contributed by atoms with Gasteiger partial charge in [0.05, 0.1) is 0 Å². The number of allylic oxidation sites excluding steroid dienone is 1. The Morgan fingerprint density at radius 3 is 2.89 bits per heavy atom. The van der Waals surface area contributed by atoms with Crippen LogP contribution in [0.2, 0.25) is 5.02 Å². The molecule has 2 nitrogen and oxygen atoms in total. The summed E-state index contributed by atoms with van der Waals surface area (Å²) in [6.07, 6.45) is 1.50. The number of aryl methyl sites for hydroxylation is 1. The molecule has 1 aromatic carbocycles. The normalized spacial score (nSPS) is 11.2.